The number of anilines is 1. The standard InChI is InChI=1S/C30H27N3O6/c1-4-39-27(34)18-20(2)32-28(23-8-6-5-7-9-23)30(36)31(3)26-17-14-22(19-25(26)29(32)35)11-10-21-12-15-24(16-13-21)33(37)38/h5-9,12-17,19-20,28H,4,18H2,1-3H3. The summed E-state index contributed by atoms with van der Waals surface area (Å²) < 4.78 is 5.11. The van der Waals surface area contributed by atoms with Crippen LogP contribution in [-0.2, 0) is 14.3 Å². The Kier molecular flexibility index (Phi) is 8.06. The van der Waals surface area contributed by atoms with Gasteiger partial charge in [-0.15, -0.1) is 0 Å². The molecule has 0 saturated carbocycles. The Morgan fingerprint density at radius 2 is 1.67 bits per heavy atom. The van der Waals surface area contributed by atoms with Gasteiger partial charge in [0, 0.05) is 36.3 Å². The molecule has 1 aliphatic heterocycles. The van der Waals surface area contributed by atoms with E-state index in [1.54, 1.807) is 75.5 Å². The molecule has 3 aromatic rings. The molecular weight excluding hydrogens is 498 g/mol. The minimum Gasteiger partial charge on any atom is -0.466 e. The lowest BCUT2D eigenvalue weighted by molar-refractivity contribution is -0.384. The van der Waals surface area contributed by atoms with Gasteiger partial charge in [-0.2, -0.15) is 0 Å². The largest absolute Gasteiger partial charge is 0.466 e. The van der Waals surface area contributed by atoms with Crippen molar-refractivity contribution in [3.63, 3.8) is 0 Å². The molecule has 0 aromatic heterocycles. The number of rotatable bonds is 6. The number of fused-ring (bicyclic) bond motifs is 1. The van der Waals surface area contributed by atoms with Crippen LogP contribution in [0, 0.1) is 22.0 Å². The summed E-state index contributed by atoms with van der Waals surface area (Å²) in [6.07, 6.45) is -0.0745. The van der Waals surface area contributed by atoms with Gasteiger partial charge in [-0.05, 0) is 49.7 Å². The molecule has 0 saturated heterocycles. The number of benzene rings is 3. The lowest BCUT2D eigenvalue weighted by atomic mass is 10.0. The molecule has 0 fully saturated rings. The molecular formula is C30H27N3O6. The van der Waals surface area contributed by atoms with Crippen molar-refractivity contribution < 1.29 is 24.0 Å². The van der Waals surface area contributed by atoms with E-state index in [4.69, 9.17) is 4.74 Å². The van der Waals surface area contributed by atoms with Crippen LogP contribution in [0.5, 0.6) is 0 Å². The lowest BCUT2D eigenvalue weighted by Crippen LogP contribution is -2.46. The van der Waals surface area contributed by atoms with Crippen molar-refractivity contribution in [3.05, 3.63) is 105 Å². The maximum atomic E-state index is 14.1. The van der Waals surface area contributed by atoms with Crippen LogP contribution >= 0.6 is 0 Å². The molecule has 1 aliphatic rings. The topological polar surface area (TPSA) is 110 Å². The van der Waals surface area contributed by atoms with Crippen molar-refractivity contribution in [3.8, 4) is 11.8 Å². The molecule has 3 aromatic carbocycles. The smallest absolute Gasteiger partial charge is 0.307 e. The van der Waals surface area contributed by atoms with Gasteiger partial charge in [-0.25, -0.2) is 0 Å². The molecule has 4 rings (SSSR count). The highest BCUT2D eigenvalue weighted by molar-refractivity contribution is 6.11. The Morgan fingerprint density at radius 3 is 2.31 bits per heavy atom. The molecule has 9 nitrogen and oxygen atoms in total. The molecule has 198 valence electrons. The Hall–Kier alpha value is -4.97. The molecule has 0 N–H and O–H groups in total. The second-order valence-corrected chi connectivity index (χ2v) is 9.07. The van der Waals surface area contributed by atoms with E-state index in [1.807, 2.05) is 6.07 Å². The summed E-state index contributed by atoms with van der Waals surface area (Å²) in [5, 5.41) is 10.9. The van der Waals surface area contributed by atoms with E-state index in [-0.39, 0.29) is 30.2 Å². The average Bonchev–Trinajstić information content (AvgIpc) is 3.01. The SMILES string of the molecule is CCOC(=O)CC(C)N1C(=O)c2cc(C#Cc3ccc([N+](=O)[O-])cc3)ccc2N(C)C(=O)C1c1ccccc1. The number of ether oxygens (including phenoxy) is 1. The molecule has 0 bridgehead atoms. The minimum atomic E-state index is -0.949. The number of hydrogen-bond donors (Lipinski definition) is 0. The van der Waals surface area contributed by atoms with Crippen LogP contribution in [0.3, 0.4) is 0 Å². The second-order valence-electron chi connectivity index (χ2n) is 9.07. The third kappa shape index (κ3) is 5.80. The zero-order chi connectivity index (χ0) is 28.1. The highest BCUT2D eigenvalue weighted by Crippen LogP contribution is 2.36. The summed E-state index contributed by atoms with van der Waals surface area (Å²) >= 11 is 0. The van der Waals surface area contributed by atoms with Gasteiger partial charge in [0.15, 0.2) is 0 Å². The van der Waals surface area contributed by atoms with E-state index in [2.05, 4.69) is 11.8 Å². The van der Waals surface area contributed by atoms with E-state index in [0.29, 0.717) is 22.4 Å². The molecule has 2 unspecified atom stereocenters. The summed E-state index contributed by atoms with van der Waals surface area (Å²) in [5.41, 5.74) is 2.40. The zero-order valence-electron chi connectivity index (χ0n) is 21.8. The highest BCUT2D eigenvalue weighted by Gasteiger charge is 2.42. The van der Waals surface area contributed by atoms with Crippen molar-refractivity contribution in [2.24, 2.45) is 0 Å². The van der Waals surface area contributed by atoms with E-state index >= 15 is 0 Å². The Bertz CT molecular complexity index is 1470. The van der Waals surface area contributed by atoms with Crippen LogP contribution < -0.4 is 4.90 Å². The normalized spacial score (nSPS) is 15.5. The summed E-state index contributed by atoms with van der Waals surface area (Å²) in [5.74, 6) is 4.77. The van der Waals surface area contributed by atoms with Crippen LogP contribution in [0.25, 0.3) is 0 Å². The van der Waals surface area contributed by atoms with E-state index in [0.717, 1.165) is 0 Å². The first kappa shape index (κ1) is 27.1. The number of nitro groups is 1. The van der Waals surface area contributed by atoms with E-state index < -0.39 is 28.9 Å². The fourth-order valence-electron chi connectivity index (χ4n) is 4.52. The Morgan fingerprint density at radius 1 is 1.03 bits per heavy atom. The maximum absolute atomic E-state index is 14.1. The predicted molar refractivity (Wildman–Crippen MR) is 145 cm³/mol. The predicted octanol–water partition coefficient (Wildman–Crippen LogP) is 4.50. The number of nitro benzene ring substituents is 1. The number of carbonyl (C=O) groups excluding carboxylic acids is 3. The summed E-state index contributed by atoms with van der Waals surface area (Å²) in [6, 6.07) is 18.3. The summed E-state index contributed by atoms with van der Waals surface area (Å²) in [6.45, 7) is 3.64. The van der Waals surface area contributed by atoms with Crippen molar-refractivity contribution in [2.75, 3.05) is 18.6 Å². The van der Waals surface area contributed by atoms with Gasteiger partial charge in [0.2, 0.25) is 0 Å². The Labute approximate surface area is 226 Å². The van der Waals surface area contributed by atoms with Crippen molar-refractivity contribution in [2.45, 2.75) is 32.4 Å². The van der Waals surface area contributed by atoms with Crippen LogP contribution in [0.2, 0.25) is 0 Å². The van der Waals surface area contributed by atoms with Gasteiger partial charge in [0.25, 0.3) is 17.5 Å². The number of nitrogens with zero attached hydrogens (tertiary/aromatic N) is 3. The third-order valence-electron chi connectivity index (χ3n) is 6.45. The molecule has 0 aliphatic carbocycles. The number of non-ortho nitro benzene ring substituents is 1. The van der Waals surface area contributed by atoms with Crippen molar-refractivity contribution in [1.82, 2.24) is 4.90 Å². The van der Waals surface area contributed by atoms with Gasteiger partial charge in [0.1, 0.15) is 6.04 Å². The fourth-order valence-corrected chi connectivity index (χ4v) is 4.52. The summed E-state index contributed by atoms with van der Waals surface area (Å²) in [4.78, 5) is 53.6. The molecule has 2 atom stereocenters. The van der Waals surface area contributed by atoms with Crippen LogP contribution in [0.4, 0.5) is 11.4 Å². The minimum absolute atomic E-state index is 0.0334. The second kappa shape index (κ2) is 11.6. The number of likely N-dealkylation sites (N-methyl/N-ethyl adjacent to an activating group) is 1. The summed E-state index contributed by atoms with van der Waals surface area (Å²) in [7, 11) is 1.62. The van der Waals surface area contributed by atoms with Gasteiger partial charge < -0.3 is 14.5 Å². The van der Waals surface area contributed by atoms with Crippen LogP contribution in [0.15, 0.2) is 72.8 Å². The monoisotopic (exact) mass is 525 g/mol. The molecule has 39 heavy (non-hydrogen) atoms. The quantitative estimate of drug-likeness (QED) is 0.203. The fraction of sp³-hybridized carbons (Fsp3) is 0.233. The van der Waals surface area contributed by atoms with Crippen LogP contribution in [-0.4, -0.2) is 47.3 Å². The number of carbonyl (C=O) groups is 3. The lowest BCUT2D eigenvalue weighted by Gasteiger charge is -2.34. The van der Waals surface area contributed by atoms with Crippen molar-refractivity contribution in [1.29, 1.82) is 0 Å². The first-order valence-electron chi connectivity index (χ1n) is 12.4. The number of esters is 1. The van der Waals surface area contributed by atoms with Gasteiger partial charge in [-0.3, -0.25) is 24.5 Å². The third-order valence-corrected chi connectivity index (χ3v) is 6.45. The van der Waals surface area contributed by atoms with Gasteiger partial charge in [0.05, 0.1) is 29.2 Å². The Balaban J connectivity index is 1.76. The molecule has 0 spiro atoms. The van der Waals surface area contributed by atoms with Gasteiger partial charge in [-0.1, -0.05) is 42.2 Å². The maximum Gasteiger partial charge on any atom is 0.307 e. The van der Waals surface area contributed by atoms with Gasteiger partial charge >= 0.3 is 5.97 Å². The number of amides is 2. The first-order valence-corrected chi connectivity index (χ1v) is 12.4. The highest BCUT2D eigenvalue weighted by atomic mass is 16.6. The first-order chi connectivity index (χ1) is 18.7. The van der Waals surface area contributed by atoms with Crippen molar-refractivity contribution >= 4 is 29.2 Å². The number of hydrogen-bond acceptors (Lipinski definition) is 6. The average molecular weight is 526 g/mol. The van der Waals surface area contributed by atoms with E-state index in [1.165, 1.54) is 21.9 Å². The molecule has 0 radical (unpaired) electrons. The van der Waals surface area contributed by atoms with E-state index in [9.17, 15) is 24.5 Å². The molecule has 1 heterocycles. The molecule has 2 amide bonds. The van der Waals surface area contributed by atoms with Crippen LogP contribution in [0.1, 0.15) is 53.4 Å². The molecule has 9 heteroatoms. The zero-order valence-corrected chi connectivity index (χ0v) is 21.8.